The van der Waals surface area contributed by atoms with Crippen LogP contribution in [-0.4, -0.2) is 18.0 Å². The molecule has 1 aliphatic heterocycles. The topological polar surface area (TPSA) is 9.23 Å². The number of ether oxygens (including phenoxy) is 1. The molecule has 1 aromatic carbocycles. The Bertz CT molecular complexity index is 367. The standard InChI is InChI=1S/C13H16Br2O/c1-10-13(9-14,5-6-16-10)8-11-3-2-4-12(15)7-11/h2-4,7,10H,5-6,8-9H2,1H3. The maximum Gasteiger partial charge on any atom is 0.0615 e. The van der Waals surface area contributed by atoms with E-state index in [9.17, 15) is 0 Å². The lowest BCUT2D eigenvalue weighted by Gasteiger charge is -2.30. The third-order valence-electron chi connectivity index (χ3n) is 3.54. The van der Waals surface area contributed by atoms with E-state index in [-0.39, 0.29) is 5.41 Å². The van der Waals surface area contributed by atoms with Gasteiger partial charge in [-0.3, -0.25) is 0 Å². The Hall–Kier alpha value is 0.140. The van der Waals surface area contributed by atoms with Crippen LogP contribution in [-0.2, 0) is 11.2 Å². The van der Waals surface area contributed by atoms with Gasteiger partial charge in [0.05, 0.1) is 6.10 Å². The molecule has 0 N–H and O–H groups in total. The molecule has 0 amide bonds. The molecule has 0 bridgehead atoms. The van der Waals surface area contributed by atoms with Gasteiger partial charge in [-0.05, 0) is 37.5 Å². The van der Waals surface area contributed by atoms with Gasteiger partial charge < -0.3 is 4.74 Å². The molecular formula is C13H16Br2O. The first kappa shape index (κ1) is 12.6. The number of rotatable bonds is 3. The molecule has 1 aliphatic rings. The summed E-state index contributed by atoms with van der Waals surface area (Å²) in [7, 11) is 0. The fourth-order valence-corrected chi connectivity index (χ4v) is 3.71. The van der Waals surface area contributed by atoms with Crippen molar-refractivity contribution in [2.24, 2.45) is 5.41 Å². The van der Waals surface area contributed by atoms with Crippen LogP contribution in [0.4, 0.5) is 0 Å². The predicted octanol–water partition coefficient (Wildman–Crippen LogP) is 4.18. The average molecular weight is 348 g/mol. The van der Waals surface area contributed by atoms with Crippen molar-refractivity contribution in [1.82, 2.24) is 0 Å². The van der Waals surface area contributed by atoms with Crippen LogP contribution in [0.25, 0.3) is 0 Å². The van der Waals surface area contributed by atoms with Gasteiger partial charge in [0.15, 0.2) is 0 Å². The molecule has 0 spiro atoms. The van der Waals surface area contributed by atoms with Crippen LogP contribution >= 0.6 is 31.9 Å². The quantitative estimate of drug-likeness (QED) is 0.745. The number of alkyl halides is 1. The molecule has 2 rings (SSSR count). The summed E-state index contributed by atoms with van der Waals surface area (Å²) in [4.78, 5) is 0. The van der Waals surface area contributed by atoms with Crippen LogP contribution in [0.2, 0.25) is 0 Å². The van der Waals surface area contributed by atoms with Gasteiger partial charge >= 0.3 is 0 Å². The van der Waals surface area contributed by atoms with E-state index in [0.717, 1.165) is 29.3 Å². The summed E-state index contributed by atoms with van der Waals surface area (Å²) >= 11 is 7.18. The molecule has 2 unspecified atom stereocenters. The highest BCUT2D eigenvalue weighted by Gasteiger charge is 2.40. The van der Waals surface area contributed by atoms with E-state index in [4.69, 9.17) is 4.74 Å². The van der Waals surface area contributed by atoms with E-state index < -0.39 is 0 Å². The first-order valence-corrected chi connectivity index (χ1v) is 7.50. The lowest BCUT2D eigenvalue weighted by molar-refractivity contribution is 0.0746. The van der Waals surface area contributed by atoms with E-state index in [1.807, 2.05) is 0 Å². The lowest BCUT2D eigenvalue weighted by Crippen LogP contribution is -2.32. The van der Waals surface area contributed by atoms with Crippen molar-refractivity contribution in [2.75, 3.05) is 11.9 Å². The summed E-state index contributed by atoms with van der Waals surface area (Å²) in [6.07, 6.45) is 2.57. The maximum atomic E-state index is 5.72. The van der Waals surface area contributed by atoms with E-state index in [1.165, 1.54) is 5.56 Å². The van der Waals surface area contributed by atoms with Crippen molar-refractivity contribution in [3.63, 3.8) is 0 Å². The molecule has 3 heteroatoms. The molecule has 0 radical (unpaired) electrons. The molecule has 1 nitrogen and oxygen atoms in total. The van der Waals surface area contributed by atoms with Crippen molar-refractivity contribution in [2.45, 2.75) is 25.9 Å². The Kier molecular flexibility index (Phi) is 4.09. The van der Waals surface area contributed by atoms with Gasteiger partial charge in [0, 0.05) is 21.8 Å². The first-order valence-electron chi connectivity index (χ1n) is 5.58. The summed E-state index contributed by atoms with van der Waals surface area (Å²) in [5.41, 5.74) is 1.65. The Morgan fingerprint density at radius 1 is 1.50 bits per heavy atom. The second kappa shape index (κ2) is 5.19. The number of hydrogen-bond acceptors (Lipinski definition) is 1. The van der Waals surface area contributed by atoms with E-state index in [0.29, 0.717) is 6.10 Å². The number of benzene rings is 1. The molecule has 16 heavy (non-hydrogen) atoms. The van der Waals surface area contributed by atoms with Gasteiger partial charge in [-0.2, -0.15) is 0 Å². The normalized spacial score (nSPS) is 29.6. The molecule has 1 heterocycles. The lowest BCUT2D eigenvalue weighted by atomic mass is 9.78. The fourth-order valence-electron chi connectivity index (χ4n) is 2.33. The molecule has 1 saturated heterocycles. The van der Waals surface area contributed by atoms with Crippen molar-refractivity contribution < 1.29 is 4.74 Å². The molecule has 0 aliphatic carbocycles. The zero-order valence-corrected chi connectivity index (χ0v) is 12.6. The fraction of sp³-hybridized carbons (Fsp3) is 0.538. The molecule has 88 valence electrons. The predicted molar refractivity (Wildman–Crippen MR) is 74.1 cm³/mol. The molecular weight excluding hydrogens is 332 g/mol. The van der Waals surface area contributed by atoms with Crippen LogP contribution in [0.15, 0.2) is 28.7 Å². The van der Waals surface area contributed by atoms with Gasteiger partial charge in [0.2, 0.25) is 0 Å². The number of hydrogen-bond donors (Lipinski definition) is 0. The SMILES string of the molecule is CC1OCCC1(CBr)Cc1cccc(Br)c1. The maximum absolute atomic E-state index is 5.72. The van der Waals surface area contributed by atoms with Gasteiger partial charge in [-0.25, -0.2) is 0 Å². The summed E-state index contributed by atoms with van der Waals surface area (Å²) < 4.78 is 6.87. The highest BCUT2D eigenvalue weighted by atomic mass is 79.9. The Labute approximate surface area is 114 Å². The smallest absolute Gasteiger partial charge is 0.0615 e. The van der Waals surface area contributed by atoms with E-state index >= 15 is 0 Å². The summed E-state index contributed by atoms with van der Waals surface area (Å²) in [6, 6.07) is 8.57. The second-order valence-corrected chi connectivity index (χ2v) is 6.04. The highest BCUT2D eigenvalue weighted by molar-refractivity contribution is 9.10. The summed E-state index contributed by atoms with van der Waals surface area (Å²) in [6.45, 7) is 3.08. The molecule has 1 aromatic rings. The number of halogens is 2. The van der Waals surface area contributed by atoms with Gasteiger partial charge in [0.1, 0.15) is 0 Å². The zero-order chi connectivity index (χ0) is 11.6. The van der Waals surface area contributed by atoms with Crippen LogP contribution in [0, 0.1) is 5.41 Å². The first-order chi connectivity index (χ1) is 7.66. The third-order valence-corrected chi connectivity index (χ3v) is 5.15. The highest BCUT2D eigenvalue weighted by Crippen LogP contribution is 2.40. The Morgan fingerprint density at radius 2 is 2.31 bits per heavy atom. The second-order valence-electron chi connectivity index (χ2n) is 4.57. The van der Waals surface area contributed by atoms with Crippen LogP contribution in [0.3, 0.4) is 0 Å². The average Bonchev–Trinajstić information content (AvgIpc) is 2.61. The van der Waals surface area contributed by atoms with Crippen LogP contribution < -0.4 is 0 Å². The summed E-state index contributed by atoms with van der Waals surface area (Å²) in [5, 5.41) is 1.01. The molecule has 0 aromatic heterocycles. The minimum Gasteiger partial charge on any atom is -0.378 e. The minimum atomic E-state index is 0.265. The molecule has 2 atom stereocenters. The minimum absolute atomic E-state index is 0.265. The largest absolute Gasteiger partial charge is 0.378 e. The van der Waals surface area contributed by atoms with Crippen LogP contribution in [0.5, 0.6) is 0 Å². The van der Waals surface area contributed by atoms with Crippen molar-refractivity contribution in [3.05, 3.63) is 34.3 Å². The van der Waals surface area contributed by atoms with E-state index in [2.05, 4.69) is 63.0 Å². The third kappa shape index (κ3) is 2.52. The van der Waals surface area contributed by atoms with Crippen molar-refractivity contribution >= 4 is 31.9 Å². The van der Waals surface area contributed by atoms with Crippen molar-refractivity contribution in [3.8, 4) is 0 Å². The van der Waals surface area contributed by atoms with E-state index in [1.54, 1.807) is 0 Å². The van der Waals surface area contributed by atoms with Crippen molar-refractivity contribution in [1.29, 1.82) is 0 Å². The monoisotopic (exact) mass is 346 g/mol. The van der Waals surface area contributed by atoms with Crippen LogP contribution in [0.1, 0.15) is 18.9 Å². The molecule has 0 saturated carbocycles. The zero-order valence-electron chi connectivity index (χ0n) is 9.38. The van der Waals surface area contributed by atoms with Gasteiger partial charge in [-0.15, -0.1) is 0 Å². The molecule has 1 fully saturated rings. The Morgan fingerprint density at radius 3 is 2.88 bits per heavy atom. The Balaban J connectivity index is 2.18. The summed E-state index contributed by atoms with van der Waals surface area (Å²) in [5.74, 6) is 0. The van der Waals surface area contributed by atoms with Gasteiger partial charge in [0.25, 0.3) is 0 Å². The van der Waals surface area contributed by atoms with Gasteiger partial charge in [-0.1, -0.05) is 44.0 Å².